The summed E-state index contributed by atoms with van der Waals surface area (Å²) in [5.74, 6) is 1.82. The van der Waals surface area contributed by atoms with Crippen LogP contribution in [0.3, 0.4) is 0 Å². The van der Waals surface area contributed by atoms with Crippen molar-refractivity contribution >= 4 is 0 Å². The molecule has 0 amide bonds. The Balaban J connectivity index is 1.64. The molecule has 1 aliphatic rings. The highest BCUT2D eigenvalue weighted by molar-refractivity contribution is 5.82. The highest BCUT2D eigenvalue weighted by Crippen LogP contribution is 2.49. The van der Waals surface area contributed by atoms with E-state index in [-0.39, 0.29) is 5.41 Å². The first-order chi connectivity index (χ1) is 14.5. The molecule has 30 heavy (non-hydrogen) atoms. The van der Waals surface area contributed by atoms with Gasteiger partial charge in [-0.25, -0.2) is 9.67 Å². The van der Waals surface area contributed by atoms with Gasteiger partial charge >= 0.3 is 0 Å². The van der Waals surface area contributed by atoms with Gasteiger partial charge in [-0.15, -0.1) is 5.10 Å². The maximum absolute atomic E-state index is 4.96. The van der Waals surface area contributed by atoms with Gasteiger partial charge in [0.2, 0.25) is 0 Å². The summed E-state index contributed by atoms with van der Waals surface area (Å²) in [6, 6.07) is 23.8. The largest absolute Gasteiger partial charge is 0.217 e. The van der Waals surface area contributed by atoms with E-state index in [0.29, 0.717) is 0 Å². The molecular weight excluding hydrogens is 366 g/mol. The zero-order valence-electron chi connectivity index (χ0n) is 18.1. The standard InChI is InChI=1S/C27H27N3/c1-5-10-25-28-26(29-30(25)24-14-9-6-11-18(24)2)19-15-16-21-20-12-7-8-13-22(20)27(3,4)23(21)17-19/h6-9,11-17H,5,10H2,1-4H3. The van der Waals surface area contributed by atoms with Crippen molar-refractivity contribution in [1.82, 2.24) is 14.8 Å². The quantitative estimate of drug-likeness (QED) is 0.396. The lowest BCUT2D eigenvalue weighted by Gasteiger charge is -2.21. The summed E-state index contributed by atoms with van der Waals surface area (Å²) in [6.45, 7) is 8.93. The van der Waals surface area contributed by atoms with E-state index in [4.69, 9.17) is 10.1 Å². The first-order valence-corrected chi connectivity index (χ1v) is 10.8. The van der Waals surface area contributed by atoms with Gasteiger partial charge in [0.1, 0.15) is 5.82 Å². The molecule has 0 spiro atoms. The SMILES string of the molecule is CCCc1nc(-c2ccc3c(c2)C(C)(C)c2ccccc2-3)nn1-c1ccccc1C. The fraction of sp³-hybridized carbons (Fsp3) is 0.259. The van der Waals surface area contributed by atoms with E-state index < -0.39 is 0 Å². The van der Waals surface area contributed by atoms with Crippen molar-refractivity contribution in [3.63, 3.8) is 0 Å². The number of benzene rings is 3. The van der Waals surface area contributed by atoms with Crippen LogP contribution in [0.15, 0.2) is 66.7 Å². The Bertz CT molecular complexity index is 1250. The maximum Gasteiger partial charge on any atom is 0.181 e. The Labute approximate surface area is 178 Å². The third-order valence-corrected chi connectivity index (χ3v) is 6.33. The second-order valence-corrected chi connectivity index (χ2v) is 8.73. The van der Waals surface area contributed by atoms with Crippen LogP contribution in [0.2, 0.25) is 0 Å². The number of aromatic nitrogens is 3. The molecular formula is C27H27N3. The molecule has 3 aromatic carbocycles. The van der Waals surface area contributed by atoms with Gasteiger partial charge in [-0.1, -0.05) is 75.4 Å². The third kappa shape index (κ3) is 2.80. The first kappa shape index (κ1) is 18.8. The summed E-state index contributed by atoms with van der Waals surface area (Å²) < 4.78 is 2.03. The van der Waals surface area contributed by atoms with E-state index >= 15 is 0 Å². The van der Waals surface area contributed by atoms with Gasteiger partial charge in [-0.2, -0.15) is 0 Å². The third-order valence-electron chi connectivity index (χ3n) is 6.33. The number of rotatable bonds is 4. The van der Waals surface area contributed by atoms with E-state index in [0.717, 1.165) is 35.7 Å². The van der Waals surface area contributed by atoms with Gasteiger partial charge in [-0.05, 0) is 53.3 Å². The van der Waals surface area contributed by atoms with Gasteiger partial charge in [-0.3, -0.25) is 0 Å². The van der Waals surface area contributed by atoms with Gasteiger partial charge in [0, 0.05) is 17.4 Å². The van der Waals surface area contributed by atoms with E-state index in [1.54, 1.807) is 0 Å². The van der Waals surface area contributed by atoms with E-state index in [1.165, 1.54) is 27.8 Å². The summed E-state index contributed by atoms with van der Waals surface area (Å²) in [7, 11) is 0. The minimum absolute atomic E-state index is 0.0211. The van der Waals surface area contributed by atoms with Crippen molar-refractivity contribution in [2.75, 3.05) is 0 Å². The van der Waals surface area contributed by atoms with E-state index in [1.807, 2.05) is 4.68 Å². The average Bonchev–Trinajstić information content (AvgIpc) is 3.26. The van der Waals surface area contributed by atoms with Crippen molar-refractivity contribution < 1.29 is 0 Å². The lowest BCUT2D eigenvalue weighted by atomic mass is 9.82. The summed E-state index contributed by atoms with van der Waals surface area (Å²) >= 11 is 0. The lowest BCUT2D eigenvalue weighted by molar-refractivity contribution is 0.660. The first-order valence-electron chi connectivity index (χ1n) is 10.8. The number of para-hydroxylation sites is 1. The Kier molecular flexibility index (Phi) is 4.35. The van der Waals surface area contributed by atoms with Crippen LogP contribution in [0.1, 0.15) is 49.7 Å². The van der Waals surface area contributed by atoms with Crippen LogP contribution in [0.25, 0.3) is 28.2 Å². The number of hydrogen-bond donors (Lipinski definition) is 0. The van der Waals surface area contributed by atoms with Crippen LogP contribution in [0.5, 0.6) is 0 Å². The molecule has 150 valence electrons. The molecule has 0 aliphatic heterocycles. The van der Waals surface area contributed by atoms with Crippen molar-refractivity contribution in [1.29, 1.82) is 0 Å². The molecule has 3 heteroatoms. The normalized spacial score (nSPS) is 13.9. The molecule has 0 radical (unpaired) electrons. The van der Waals surface area contributed by atoms with Crippen LogP contribution in [0, 0.1) is 6.92 Å². The highest BCUT2D eigenvalue weighted by Gasteiger charge is 2.35. The van der Waals surface area contributed by atoms with Crippen LogP contribution in [-0.2, 0) is 11.8 Å². The fourth-order valence-corrected chi connectivity index (χ4v) is 4.69. The van der Waals surface area contributed by atoms with Crippen molar-refractivity contribution in [3.05, 3.63) is 89.2 Å². The summed E-state index contributed by atoms with van der Waals surface area (Å²) in [4.78, 5) is 4.96. The minimum Gasteiger partial charge on any atom is -0.217 e. The number of fused-ring (bicyclic) bond motifs is 3. The molecule has 0 N–H and O–H groups in total. The second-order valence-electron chi connectivity index (χ2n) is 8.73. The fourth-order valence-electron chi connectivity index (χ4n) is 4.69. The molecule has 0 unspecified atom stereocenters. The molecule has 1 aromatic heterocycles. The summed E-state index contributed by atoms with van der Waals surface area (Å²) in [5.41, 5.74) is 8.78. The Hall–Kier alpha value is -3.20. The van der Waals surface area contributed by atoms with Crippen molar-refractivity contribution in [2.45, 2.75) is 46.0 Å². The second kappa shape index (κ2) is 6.94. The molecule has 3 nitrogen and oxygen atoms in total. The van der Waals surface area contributed by atoms with Gasteiger partial charge in [0.15, 0.2) is 5.82 Å². The maximum atomic E-state index is 4.96. The van der Waals surface area contributed by atoms with Crippen molar-refractivity contribution in [2.24, 2.45) is 0 Å². The predicted octanol–water partition coefficient (Wildman–Crippen LogP) is 6.50. The van der Waals surface area contributed by atoms with Gasteiger partial charge in [0.25, 0.3) is 0 Å². The molecule has 1 aliphatic carbocycles. The summed E-state index contributed by atoms with van der Waals surface area (Å²) in [6.07, 6.45) is 1.94. The molecule has 0 bridgehead atoms. The van der Waals surface area contributed by atoms with Crippen molar-refractivity contribution in [3.8, 4) is 28.2 Å². The smallest absolute Gasteiger partial charge is 0.181 e. The minimum atomic E-state index is -0.0211. The molecule has 4 aromatic rings. The average molecular weight is 394 g/mol. The van der Waals surface area contributed by atoms with Gasteiger partial charge < -0.3 is 0 Å². The molecule has 1 heterocycles. The molecule has 0 atom stereocenters. The number of hydrogen-bond acceptors (Lipinski definition) is 2. The Morgan fingerprint density at radius 3 is 2.40 bits per heavy atom. The predicted molar refractivity (Wildman–Crippen MR) is 123 cm³/mol. The van der Waals surface area contributed by atoms with Crippen LogP contribution in [-0.4, -0.2) is 14.8 Å². The Morgan fingerprint density at radius 2 is 1.60 bits per heavy atom. The molecule has 5 rings (SSSR count). The molecule has 0 saturated heterocycles. The number of nitrogens with zero attached hydrogens (tertiary/aromatic N) is 3. The Morgan fingerprint density at radius 1 is 0.867 bits per heavy atom. The van der Waals surface area contributed by atoms with Crippen LogP contribution < -0.4 is 0 Å². The van der Waals surface area contributed by atoms with E-state index in [2.05, 4.69) is 94.4 Å². The highest BCUT2D eigenvalue weighted by atomic mass is 15.4. The monoisotopic (exact) mass is 393 g/mol. The molecule has 0 fully saturated rings. The lowest BCUT2D eigenvalue weighted by Crippen LogP contribution is -2.14. The van der Waals surface area contributed by atoms with Crippen LogP contribution >= 0.6 is 0 Å². The van der Waals surface area contributed by atoms with E-state index in [9.17, 15) is 0 Å². The number of aryl methyl sites for hydroxylation is 2. The zero-order valence-corrected chi connectivity index (χ0v) is 18.1. The van der Waals surface area contributed by atoms with Gasteiger partial charge in [0.05, 0.1) is 5.69 Å². The van der Waals surface area contributed by atoms with Crippen LogP contribution in [0.4, 0.5) is 0 Å². The molecule has 0 saturated carbocycles. The topological polar surface area (TPSA) is 30.7 Å². The summed E-state index contributed by atoms with van der Waals surface area (Å²) in [5, 5.41) is 4.96. The zero-order chi connectivity index (χ0) is 20.9.